The first-order chi connectivity index (χ1) is 8.60. The molecule has 2 aromatic rings. The van der Waals surface area contributed by atoms with Crippen molar-refractivity contribution in [3.63, 3.8) is 0 Å². The van der Waals surface area contributed by atoms with Gasteiger partial charge in [-0.15, -0.1) is 11.3 Å². The highest BCUT2D eigenvalue weighted by molar-refractivity contribution is 9.10. The topological polar surface area (TPSA) is 27.0 Å². The van der Waals surface area contributed by atoms with Crippen molar-refractivity contribution < 1.29 is 0 Å². The van der Waals surface area contributed by atoms with Crippen molar-refractivity contribution in [1.82, 2.24) is 0 Å². The summed E-state index contributed by atoms with van der Waals surface area (Å²) in [6.07, 6.45) is 0. The van der Waals surface area contributed by atoms with Gasteiger partial charge < -0.3 is 4.90 Å². The Balaban J connectivity index is 2.19. The molecule has 0 aliphatic rings. The number of nitriles is 1. The highest BCUT2D eigenvalue weighted by Crippen LogP contribution is 2.25. The van der Waals surface area contributed by atoms with Crippen molar-refractivity contribution in [2.45, 2.75) is 13.5 Å². The maximum atomic E-state index is 8.86. The molecule has 0 N–H and O–H groups in total. The number of thiophene rings is 1. The van der Waals surface area contributed by atoms with Crippen LogP contribution >= 0.6 is 27.3 Å². The second-order valence-corrected chi connectivity index (χ2v) is 6.11. The zero-order chi connectivity index (χ0) is 13.1. The lowest BCUT2D eigenvalue weighted by Gasteiger charge is -2.20. The van der Waals surface area contributed by atoms with Crippen molar-refractivity contribution in [3.8, 4) is 6.07 Å². The normalized spacial score (nSPS) is 10.1. The van der Waals surface area contributed by atoms with Crippen LogP contribution < -0.4 is 4.90 Å². The Hall–Kier alpha value is -1.31. The number of hydrogen-bond donors (Lipinski definition) is 0. The molecule has 4 heteroatoms. The Kier molecular flexibility index (Phi) is 4.05. The largest absolute Gasteiger partial charge is 0.369 e. The van der Waals surface area contributed by atoms with Gasteiger partial charge in [-0.1, -0.05) is 0 Å². The molecule has 0 aliphatic heterocycles. The second kappa shape index (κ2) is 5.55. The number of anilines is 1. The third-order valence-corrected chi connectivity index (χ3v) is 4.43. The zero-order valence-electron chi connectivity index (χ0n) is 10.3. The van der Waals surface area contributed by atoms with E-state index in [1.54, 1.807) is 11.3 Å². The Morgan fingerprint density at radius 2 is 2.17 bits per heavy atom. The standard InChI is InChI=1S/C14H13BrN2S/c1-10-5-11(7-16)3-4-14(10)17(2)8-13-6-12(15)9-18-13/h3-6,9H,8H2,1-2H3. The summed E-state index contributed by atoms with van der Waals surface area (Å²) in [4.78, 5) is 3.52. The Bertz CT molecular complexity index is 598. The molecular weight excluding hydrogens is 308 g/mol. The van der Waals surface area contributed by atoms with Crippen LogP contribution in [0.1, 0.15) is 16.0 Å². The van der Waals surface area contributed by atoms with Gasteiger partial charge in [0, 0.05) is 27.5 Å². The van der Waals surface area contributed by atoms with Crippen molar-refractivity contribution in [2.75, 3.05) is 11.9 Å². The molecule has 1 heterocycles. The molecule has 2 nitrogen and oxygen atoms in total. The van der Waals surface area contributed by atoms with Gasteiger partial charge in [-0.25, -0.2) is 0 Å². The monoisotopic (exact) mass is 320 g/mol. The smallest absolute Gasteiger partial charge is 0.0991 e. The summed E-state index contributed by atoms with van der Waals surface area (Å²) < 4.78 is 1.13. The molecule has 0 saturated heterocycles. The first-order valence-corrected chi connectivity index (χ1v) is 7.22. The zero-order valence-corrected chi connectivity index (χ0v) is 12.7. The van der Waals surface area contributed by atoms with Crippen LogP contribution in [0.15, 0.2) is 34.1 Å². The van der Waals surface area contributed by atoms with Gasteiger partial charge in [-0.2, -0.15) is 5.26 Å². The minimum atomic E-state index is 0.712. The van der Waals surface area contributed by atoms with Crippen LogP contribution in [-0.2, 0) is 6.54 Å². The van der Waals surface area contributed by atoms with Crippen LogP contribution in [0.25, 0.3) is 0 Å². The first kappa shape index (κ1) is 13.1. The van der Waals surface area contributed by atoms with Crippen molar-refractivity contribution in [3.05, 3.63) is 50.1 Å². The third kappa shape index (κ3) is 2.92. The number of aryl methyl sites for hydroxylation is 1. The van der Waals surface area contributed by atoms with E-state index in [-0.39, 0.29) is 0 Å². The van der Waals surface area contributed by atoms with Gasteiger partial charge in [-0.3, -0.25) is 0 Å². The number of nitrogens with zero attached hydrogens (tertiary/aromatic N) is 2. The Labute approximate surface area is 120 Å². The first-order valence-electron chi connectivity index (χ1n) is 5.55. The fraction of sp³-hybridized carbons (Fsp3) is 0.214. The molecule has 0 atom stereocenters. The van der Waals surface area contributed by atoms with Crippen molar-refractivity contribution in [1.29, 1.82) is 5.26 Å². The van der Waals surface area contributed by atoms with Crippen LogP contribution in [0.2, 0.25) is 0 Å². The van der Waals surface area contributed by atoms with E-state index in [4.69, 9.17) is 5.26 Å². The number of hydrogen-bond acceptors (Lipinski definition) is 3. The van der Waals surface area contributed by atoms with Gasteiger partial charge in [0.2, 0.25) is 0 Å². The van der Waals surface area contributed by atoms with E-state index in [1.807, 2.05) is 25.1 Å². The highest BCUT2D eigenvalue weighted by atomic mass is 79.9. The quantitative estimate of drug-likeness (QED) is 0.841. The van der Waals surface area contributed by atoms with Crippen LogP contribution in [0.4, 0.5) is 5.69 Å². The van der Waals surface area contributed by atoms with Crippen LogP contribution in [0, 0.1) is 18.3 Å². The summed E-state index contributed by atoms with van der Waals surface area (Å²) in [5, 5.41) is 11.0. The molecule has 0 spiro atoms. The summed E-state index contributed by atoms with van der Waals surface area (Å²) in [5.41, 5.74) is 3.01. The molecule has 2 rings (SSSR count). The Morgan fingerprint density at radius 1 is 1.39 bits per heavy atom. The predicted molar refractivity (Wildman–Crippen MR) is 80.0 cm³/mol. The van der Waals surface area contributed by atoms with E-state index < -0.39 is 0 Å². The molecule has 0 unspecified atom stereocenters. The minimum Gasteiger partial charge on any atom is -0.369 e. The predicted octanol–water partition coefficient (Wildman–Crippen LogP) is 4.33. The fourth-order valence-electron chi connectivity index (χ4n) is 1.91. The van der Waals surface area contributed by atoms with E-state index in [0.29, 0.717) is 5.56 Å². The average molecular weight is 321 g/mol. The van der Waals surface area contributed by atoms with Crippen LogP contribution in [0.5, 0.6) is 0 Å². The maximum absolute atomic E-state index is 8.86. The summed E-state index contributed by atoms with van der Waals surface area (Å²) in [6, 6.07) is 10.1. The lowest BCUT2D eigenvalue weighted by Crippen LogP contribution is -2.16. The molecule has 0 fully saturated rings. The van der Waals surface area contributed by atoms with Gasteiger partial charge in [0.25, 0.3) is 0 Å². The van der Waals surface area contributed by atoms with Crippen molar-refractivity contribution >= 4 is 33.0 Å². The van der Waals surface area contributed by atoms with Crippen molar-refractivity contribution in [2.24, 2.45) is 0 Å². The summed E-state index contributed by atoms with van der Waals surface area (Å²) in [6.45, 7) is 2.92. The molecule has 0 amide bonds. The van der Waals surface area contributed by atoms with Gasteiger partial charge in [0.15, 0.2) is 0 Å². The van der Waals surface area contributed by atoms with E-state index in [2.05, 4.69) is 45.4 Å². The molecule has 0 bridgehead atoms. The van der Waals surface area contributed by atoms with Gasteiger partial charge in [0.05, 0.1) is 18.2 Å². The van der Waals surface area contributed by atoms with E-state index in [9.17, 15) is 0 Å². The lowest BCUT2D eigenvalue weighted by atomic mass is 10.1. The molecular formula is C14H13BrN2S. The average Bonchev–Trinajstić information content (AvgIpc) is 2.74. The number of halogens is 1. The molecule has 92 valence electrons. The molecule has 0 saturated carbocycles. The van der Waals surface area contributed by atoms with E-state index in [1.165, 1.54) is 10.6 Å². The van der Waals surface area contributed by atoms with Gasteiger partial charge >= 0.3 is 0 Å². The summed E-state index contributed by atoms with van der Waals surface area (Å²) >= 11 is 5.21. The SMILES string of the molecule is Cc1cc(C#N)ccc1N(C)Cc1cc(Br)cs1. The third-order valence-electron chi connectivity index (χ3n) is 2.75. The number of benzene rings is 1. The van der Waals surface area contributed by atoms with Crippen LogP contribution in [0.3, 0.4) is 0 Å². The molecule has 1 aromatic carbocycles. The second-order valence-electron chi connectivity index (χ2n) is 4.20. The van der Waals surface area contributed by atoms with Gasteiger partial charge in [0.1, 0.15) is 0 Å². The van der Waals surface area contributed by atoms with E-state index >= 15 is 0 Å². The maximum Gasteiger partial charge on any atom is 0.0991 e. The summed E-state index contributed by atoms with van der Waals surface area (Å²) in [7, 11) is 2.07. The van der Waals surface area contributed by atoms with E-state index in [0.717, 1.165) is 16.6 Å². The molecule has 18 heavy (non-hydrogen) atoms. The minimum absolute atomic E-state index is 0.712. The Morgan fingerprint density at radius 3 is 2.72 bits per heavy atom. The van der Waals surface area contributed by atoms with Crippen LogP contribution in [-0.4, -0.2) is 7.05 Å². The fourth-order valence-corrected chi connectivity index (χ4v) is 3.41. The molecule has 0 radical (unpaired) electrons. The highest BCUT2D eigenvalue weighted by Gasteiger charge is 2.07. The lowest BCUT2D eigenvalue weighted by molar-refractivity contribution is 0.933. The van der Waals surface area contributed by atoms with Gasteiger partial charge in [-0.05, 0) is 52.7 Å². The molecule has 0 aliphatic carbocycles. The summed E-state index contributed by atoms with van der Waals surface area (Å²) in [5.74, 6) is 0. The number of rotatable bonds is 3. The molecule has 1 aromatic heterocycles.